The van der Waals surface area contributed by atoms with Crippen molar-refractivity contribution in [1.82, 2.24) is 0 Å². The molecule has 0 fully saturated rings. The Bertz CT molecular complexity index is 781. The molecular weight excluding hydrogens is 321 g/mol. The Hall–Kier alpha value is -1.65. The fourth-order valence-corrected chi connectivity index (χ4v) is 2.74. The first kappa shape index (κ1) is 13.3. The summed E-state index contributed by atoms with van der Waals surface area (Å²) >= 11 is 3.18. The van der Waals surface area contributed by atoms with Crippen LogP contribution in [0.25, 0.3) is 11.0 Å². The van der Waals surface area contributed by atoms with Gasteiger partial charge in [-0.2, -0.15) is 0 Å². The van der Waals surface area contributed by atoms with Crippen molar-refractivity contribution in [3.8, 4) is 0 Å². The lowest BCUT2D eigenvalue weighted by Crippen LogP contribution is -2.12. The van der Waals surface area contributed by atoms with Gasteiger partial charge in [0.05, 0.1) is 10.5 Å². The summed E-state index contributed by atoms with van der Waals surface area (Å²) in [6.45, 7) is 1.99. The Labute approximate surface area is 124 Å². The third-order valence-corrected chi connectivity index (χ3v) is 4.07. The number of furan rings is 1. The predicted molar refractivity (Wildman–Crippen MR) is 81.1 cm³/mol. The number of hydrogen-bond donors (Lipinski definition) is 1. The quantitative estimate of drug-likeness (QED) is 0.738. The van der Waals surface area contributed by atoms with E-state index in [-0.39, 0.29) is 5.82 Å². The standard InChI is InChI=1S/C16H13BrFNO/c1-9-11-4-2-3-5-14(11)20-16(9)15(19)10-6-7-13(18)12(17)8-10/h2-8,15H,19H2,1H3. The van der Waals surface area contributed by atoms with Gasteiger partial charge in [-0.05, 0) is 46.6 Å². The van der Waals surface area contributed by atoms with Gasteiger partial charge in [0, 0.05) is 10.9 Å². The zero-order valence-electron chi connectivity index (χ0n) is 10.9. The maximum atomic E-state index is 13.3. The van der Waals surface area contributed by atoms with Crippen molar-refractivity contribution in [3.63, 3.8) is 0 Å². The average molecular weight is 334 g/mol. The van der Waals surface area contributed by atoms with Crippen LogP contribution >= 0.6 is 15.9 Å². The van der Waals surface area contributed by atoms with Gasteiger partial charge < -0.3 is 10.2 Å². The van der Waals surface area contributed by atoms with Gasteiger partial charge in [-0.25, -0.2) is 4.39 Å². The van der Waals surface area contributed by atoms with E-state index in [2.05, 4.69) is 15.9 Å². The van der Waals surface area contributed by atoms with E-state index >= 15 is 0 Å². The average Bonchev–Trinajstić information content (AvgIpc) is 2.79. The number of para-hydroxylation sites is 1. The highest BCUT2D eigenvalue weighted by atomic mass is 79.9. The molecule has 0 amide bonds. The molecule has 0 saturated carbocycles. The van der Waals surface area contributed by atoms with E-state index in [9.17, 15) is 4.39 Å². The SMILES string of the molecule is Cc1c(C(N)c2ccc(F)c(Br)c2)oc2ccccc12. The Morgan fingerprint density at radius 2 is 1.95 bits per heavy atom. The molecular formula is C16H13BrFNO. The first-order chi connectivity index (χ1) is 9.58. The summed E-state index contributed by atoms with van der Waals surface area (Å²) in [5.41, 5.74) is 8.91. The second kappa shape index (κ2) is 5.04. The van der Waals surface area contributed by atoms with Gasteiger partial charge in [0.15, 0.2) is 0 Å². The minimum atomic E-state index is -0.417. The van der Waals surface area contributed by atoms with E-state index in [1.54, 1.807) is 12.1 Å². The molecule has 20 heavy (non-hydrogen) atoms. The fraction of sp³-hybridized carbons (Fsp3) is 0.125. The lowest BCUT2D eigenvalue weighted by Gasteiger charge is -2.11. The molecule has 0 aliphatic rings. The van der Waals surface area contributed by atoms with Crippen molar-refractivity contribution in [2.75, 3.05) is 0 Å². The molecule has 3 rings (SSSR count). The van der Waals surface area contributed by atoms with Crippen LogP contribution in [0.4, 0.5) is 4.39 Å². The van der Waals surface area contributed by atoms with Gasteiger partial charge in [-0.3, -0.25) is 0 Å². The third kappa shape index (κ3) is 2.15. The van der Waals surface area contributed by atoms with Crippen molar-refractivity contribution in [3.05, 3.63) is 69.6 Å². The van der Waals surface area contributed by atoms with Gasteiger partial charge in [-0.15, -0.1) is 0 Å². The molecule has 0 aliphatic carbocycles. The Morgan fingerprint density at radius 1 is 1.20 bits per heavy atom. The molecule has 2 N–H and O–H groups in total. The van der Waals surface area contributed by atoms with E-state index in [0.717, 1.165) is 22.1 Å². The monoisotopic (exact) mass is 333 g/mol. The first-order valence-corrected chi connectivity index (χ1v) is 7.06. The topological polar surface area (TPSA) is 39.2 Å². The summed E-state index contributed by atoms with van der Waals surface area (Å²) in [6.07, 6.45) is 0. The Balaban J connectivity index is 2.09. The van der Waals surface area contributed by atoms with Gasteiger partial charge in [0.2, 0.25) is 0 Å². The van der Waals surface area contributed by atoms with Crippen LogP contribution in [0.1, 0.15) is 22.9 Å². The van der Waals surface area contributed by atoms with E-state index in [0.29, 0.717) is 10.2 Å². The summed E-state index contributed by atoms with van der Waals surface area (Å²) in [5, 5.41) is 1.05. The first-order valence-electron chi connectivity index (χ1n) is 6.26. The number of nitrogens with two attached hydrogens (primary N) is 1. The van der Waals surface area contributed by atoms with E-state index in [4.69, 9.17) is 10.2 Å². The lowest BCUT2D eigenvalue weighted by molar-refractivity contribution is 0.520. The lowest BCUT2D eigenvalue weighted by atomic mass is 10.0. The normalized spacial score (nSPS) is 12.8. The molecule has 1 heterocycles. The second-order valence-corrected chi connectivity index (χ2v) is 5.59. The highest BCUT2D eigenvalue weighted by molar-refractivity contribution is 9.10. The van der Waals surface area contributed by atoms with Gasteiger partial charge >= 0.3 is 0 Å². The highest BCUT2D eigenvalue weighted by Crippen LogP contribution is 2.32. The molecule has 4 heteroatoms. The molecule has 1 unspecified atom stereocenters. The minimum absolute atomic E-state index is 0.303. The van der Waals surface area contributed by atoms with Gasteiger partial charge in [0.25, 0.3) is 0 Å². The zero-order valence-corrected chi connectivity index (χ0v) is 12.4. The Kier molecular flexibility index (Phi) is 3.36. The van der Waals surface area contributed by atoms with Crippen LogP contribution in [0.2, 0.25) is 0 Å². The van der Waals surface area contributed by atoms with Crippen molar-refractivity contribution < 1.29 is 8.81 Å². The van der Waals surface area contributed by atoms with Crippen molar-refractivity contribution in [2.45, 2.75) is 13.0 Å². The molecule has 0 radical (unpaired) electrons. The molecule has 2 nitrogen and oxygen atoms in total. The number of halogens is 2. The number of rotatable bonds is 2. The molecule has 102 valence electrons. The maximum absolute atomic E-state index is 13.3. The number of hydrogen-bond acceptors (Lipinski definition) is 2. The number of benzene rings is 2. The molecule has 2 aromatic carbocycles. The van der Waals surface area contributed by atoms with Crippen LogP contribution in [0.15, 0.2) is 51.4 Å². The number of fused-ring (bicyclic) bond motifs is 1. The molecule has 0 bridgehead atoms. The molecule has 1 aromatic heterocycles. The minimum Gasteiger partial charge on any atom is -0.459 e. The summed E-state index contributed by atoms with van der Waals surface area (Å²) in [4.78, 5) is 0. The molecule has 3 aromatic rings. The van der Waals surface area contributed by atoms with Crippen molar-refractivity contribution >= 4 is 26.9 Å². The smallest absolute Gasteiger partial charge is 0.137 e. The Morgan fingerprint density at radius 3 is 2.65 bits per heavy atom. The largest absolute Gasteiger partial charge is 0.459 e. The summed E-state index contributed by atoms with van der Waals surface area (Å²) in [5.74, 6) is 0.409. The summed E-state index contributed by atoms with van der Waals surface area (Å²) < 4.78 is 19.6. The van der Waals surface area contributed by atoms with Gasteiger partial charge in [0.1, 0.15) is 17.2 Å². The van der Waals surface area contributed by atoms with Crippen LogP contribution < -0.4 is 5.73 Å². The second-order valence-electron chi connectivity index (χ2n) is 4.74. The summed E-state index contributed by atoms with van der Waals surface area (Å²) in [6, 6.07) is 12.2. The molecule has 0 spiro atoms. The van der Waals surface area contributed by atoms with E-state index in [1.165, 1.54) is 6.07 Å². The fourth-order valence-electron chi connectivity index (χ4n) is 2.35. The third-order valence-electron chi connectivity index (χ3n) is 3.47. The van der Waals surface area contributed by atoms with Crippen LogP contribution in [0.3, 0.4) is 0 Å². The van der Waals surface area contributed by atoms with Gasteiger partial charge in [-0.1, -0.05) is 24.3 Å². The van der Waals surface area contributed by atoms with Crippen molar-refractivity contribution in [2.24, 2.45) is 5.73 Å². The van der Waals surface area contributed by atoms with Crippen molar-refractivity contribution in [1.29, 1.82) is 0 Å². The molecule has 0 saturated heterocycles. The molecule has 0 aliphatic heterocycles. The van der Waals surface area contributed by atoms with Crippen LogP contribution in [-0.2, 0) is 0 Å². The van der Waals surface area contributed by atoms with E-state index in [1.807, 2.05) is 31.2 Å². The molecule has 1 atom stereocenters. The number of aryl methyl sites for hydroxylation is 1. The van der Waals surface area contributed by atoms with Crippen LogP contribution in [0.5, 0.6) is 0 Å². The highest BCUT2D eigenvalue weighted by Gasteiger charge is 2.19. The van der Waals surface area contributed by atoms with Crippen LogP contribution in [-0.4, -0.2) is 0 Å². The van der Waals surface area contributed by atoms with E-state index < -0.39 is 6.04 Å². The summed E-state index contributed by atoms with van der Waals surface area (Å²) in [7, 11) is 0. The zero-order chi connectivity index (χ0) is 14.3. The maximum Gasteiger partial charge on any atom is 0.137 e. The predicted octanol–water partition coefficient (Wildman–Crippen LogP) is 4.69. The van der Waals surface area contributed by atoms with Crippen LogP contribution in [0, 0.1) is 12.7 Å².